The van der Waals surface area contributed by atoms with Crippen molar-refractivity contribution < 1.29 is 19.1 Å². The number of rotatable bonds is 11. The third kappa shape index (κ3) is 6.48. The van der Waals surface area contributed by atoms with Gasteiger partial charge in [0.15, 0.2) is 11.0 Å². The molecule has 1 aromatic carbocycles. The van der Waals surface area contributed by atoms with Crippen molar-refractivity contribution in [3.05, 3.63) is 64.3 Å². The summed E-state index contributed by atoms with van der Waals surface area (Å²) in [5.41, 5.74) is 2.61. The van der Waals surface area contributed by atoms with Crippen LogP contribution in [0.15, 0.2) is 42.1 Å². The SMILES string of the molecule is C=CCn1c(COc2cc(C)cc(C)c2)nnc1SCC(=O)Nc1sc(CC)cc1C(=O)OC. The van der Waals surface area contributed by atoms with Crippen LogP contribution in [-0.4, -0.2) is 39.5 Å². The molecule has 0 bridgehead atoms. The predicted octanol–water partition coefficient (Wildman–Crippen LogP) is 4.80. The standard InChI is InChI=1S/C24H28N4O4S2/c1-6-8-28-20(13-32-17-10-15(3)9-16(4)11-17)26-27-24(28)33-14-21(29)25-22-19(23(30)31-5)12-18(7-2)34-22/h6,9-12H,1,7-8,13-14H2,2-5H3,(H,25,29). The van der Waals surface area contributed by atoms with Gasteiger partial charge in [-0.3, -0.25) is 9.36 Å². The van der Waals surface area contributed by atoms with Crippen LogP contribution in [0, 0.1) is 13.8 Å². The Morgan fingerprint density at radius 2 is 1.94 bits per heavy atom. The molecule has 0 aliphatic rings. The fourth-order valence-electron chi connectivity index (χ4n) is 3.27. The first-order valence-corrected chi connectivity index (χ1v) is 12.5. The minimum atomic E-state index is -0.474. The summed E-state index contributed by atoms with van der Waals surface area (Å²) in [5, 5.41) is 12.4. The van der Waals surface area contributed by atoms with Crippen molar-refractivity contribution in [1.82, 2.24) is 14.8 Å². The molecule has 1 amide bonds. The maximum atomic E-state index is 12.6. The summed E-state index contributed by atoms with van der Waals surface area (Å²) in [5.74, 6) is 0.787. The lowest BCUT2D eigenvalue weighted by atomic mass is 10.1. The highest BCUT2D eigenvalue weighted by Gasteiger charge is 2.19. The lowest BCUT2D eigenvalue weighted by Crippen LogP contribution is -2.16. The number of nitrogens with one attached hydrogen (secondary N) is 1. The second-order valence-electron chi connectivity index (χ2n) is 7.55. The Hall–Kier alpha value is -3.11. The van der Waals surface area contributed by atoms with Gasteiger partial charge in [0.2, 0.25) is 5.91 Å². The Labute approximate surface area is 207 Å². The van der Waals surface area contributed by atoms with Crippen molar-refractivity contribution in [3.8, 4) is 5.75 Å². The number of aryl methyl sites for hydroxylation is 3. The predicted molar refractivity (Wildman–Crippen MR) is 135 cm³/mol. The van der Waals surface area contributed by atoms with E-state index in [1.54, 1.807) is 12.1 Å². The van der Waals surface area contributed by atoms with E-state index >= 15 is 0 Å². The molecule has 3 rings (SSSR count). The Kier molecular flexibility index (Phi) is 8.89. The van der Waals surface area contributed by atoms with Gasteiger partial charge >= 0.3 is 5.97 Å². The lowest BCUT2D eigenvalue weighted by molar-refractivity contribution is -0.113. The fraction of sp³-hybridized carbons (Fsp3) is 0.333. The third-order valence-electron chi connectivity index (χ3n) is 4.79. The molecule has 0 aliphatic carbocycles. The molecule has 0 spiro atoms. The molecular weight excluding hydrogens is 472 g/mol. The number of methoxy groups -OCH3 is 1. The highest BCUT2D eigenvalue weighted by atomic mass is 32.2. The number of thioether (sulfide) groups is 1. The number of nitrogens with zero attached hydrogens (tertiary/aromatic N) is 3. The van der Waals surface area contributed by atoms with Gasteiger partial charge in [-0.05, 0) is 49.6 Å². The van der Waals surface area contributed by atoms with Crippen LogP contribution in [0.4, 0.5) is 5.00 Å². The first-order chi connectivity index (χ1) is 16.3. The van der Waals surface area contributed by atoms with Crippen LogP contribution in [0.25, 0.3) is 0 Å². The van der Waals surface area contributed by atoms with E-state index in [9.17, 15) is 9.59 Å². The van der Waals surface area contributed by atoms with Crippen molar-refractivity contribution in [3.63, 3.8) is 0 Å². The summed E-state index contributed by atoms with van der Waals surface area (Å²) in [7, 11) is 1.32. The van der Waals surface area contributed by atoms with Crippen LogP contribution >= 0.6 is 23.1 Å². The smallest absolute Gasteiger partial charge is 0.340 e. The van der Waals surface area contributed by atoms with E-state index in [-0.39, 0.29) is 18.3 Å². The number of anilines is 1. The zero-order valence-electron chi connectivity index (χ0n) is 19.7. The van der Waals surface area contributed by atoms with Crippen molar-refractivity contribution >= 4 is 40.0 Å². The van der Waals surface area contributed by atoms with Crippen LogP contribution in [0.3, 0.4) is 0 Å². The zero-order chi connectivity index (χ0) is 24.7. The van der Waals surface area contributed by atoms with Crippen LogP contribution < -0.4 is 10.1 Å². The molecule has 34 heavy (non-hydrogen) atoms. The third-order valence-corrected chi connectivity index (χ3v) is 6.95. The van der Waals surface area contributed by atoms with E-state index in [0.29, 0.717) is 28.1 Å². The second-order valence-corrected chi connectivity index (χ2v) is 9.63. The van der Waals surface area contributed by atoms with E-state index in [0.717, 1.165) is 28.2 Å². The zero-order valence-corrected chi connectivity index (χ0v) is 21.3. The quantitative estimate of drug-likeness (QED) is 0.229. The average Bonchev–Trinajstić information content (AvgIpc) is 3.39. The highest BCUT2D eigenvalue weighted by molar-refractivity contribution is 7.99. The van der Waals surface area contributed by atoms with Gasteiger partial charge in [-0.2, -0.15) is 0 Å². The Balaban J connectivity index is 1.66. The van der Waals surface area contributed by atoms with Gasteiger partial charge < -0.3 is 14.8 Å². The molecule has 0 radical (unpaired) electrons. The monoisotopic (exact) mass is 500 g/mol. The molecule has 0 saturated carbocycles. The molecule has 8 nitrogen and oxygen atoms in total. The number of aromatic nitrogens is 3. The normalized spacial score (nSPS) is 10.7. The van der Waals surface area contributed by atoms with Crippen molar-refractivity contribution in [2.24, 2.45) is 0 Å². The summed E-state index contributed by atoms with van der Waals surface area (Å²) in [4.78, 5) is 25.6. The van der Waals surface area contributed by atoms with Crippen molar-refractivity contribution in [1.29, 1.82) is 0 Å². The first-order valence-electron chi connectivity index (χ1n) is 10.7. The van der Waals surface area contributed by atoms with Crippen LogP contribution in [0.1, 0.15) is 39.1 Å². The number of esters is 1. The number of benzene rings is 1. The number of allylic oxidation sites excluding steroid dienone is 1. The molecule has 0 atom stereocenters. The molecule has 10 heteroatoms. The minimum Gasteiger partial charge on any atom is -0.486 e. The van der Waals surface area contributed by atoms with Crippen LogP contribution in [-0.2, 0) is 29.1 Å². The number of carbonyl (C=O) groups excluding carboxylic acids is 2. The van der Waals surface area contributed by atoms with E-state index in [1.807, 2.05) is 37.5 Å². The van der Waals surface area contributed by atoms with Crippen molar-refractivity contribution in [2.75, 3.05) is 18.2 Å². The topological polar surface area (TPSA) is 95.3 Å². The minimum absolute atomic E-state index is 0.104. The largest absolute Gasteiger partial charge is 0.486 e. The highest BCUT2D eigenvalue weighted by Crippen LogP contribution is 2.30. The first kappa shape index (κ1) is 25.5. The number of hydrogen-bond acceptors (Lipinski definition) is 8. The van der Waals surface area contributed by atoms with E-state index in [2.05, 4.69) is 28.2 Å². The van der Waals surface area contributed by atoms with Gasteiger partial charge in [-0.15, -0.1) is 28.1 Å². The number of thiophene rings is 1. The summed E-state index contributed by atoms with van der Waals surface area (Å²) in [6.07, 6.45) is 2.51. The fourth-order valence-corrected chi connectivity index (χ4v) is 5.04. The Morgan fingerprint density at radius 1 is 1.21 bits per heavy atom. The molecule has 3 aromatic rings. The number of hydrogen-bond donors (Lipinski definition) is 1. The van der Waals surface area contributed by atoms with Gasteiger partial charge in [0.1, 0.15) is 17.4 Å². The van der Waals surface area contributed by atoms with Crippen LogP contribution in [0.5, 0.6) is 5.75 Å². The van der Waals surface area contributed by atoms with Gasteiger partial charge in [-0.25, -0.2) is 4.79 Å². The maximum Gasteiger partial charge on any atom is 0.340 e. The molecule has 2 aromatic heterocycles. The molecular formula is C24H28N4O4S2. The molecule has 0 unspecified atom stereocenters. The molecule has 0 saturated heterocycles. The summed E-state index contributed by atoms with van der Waals surface area (Å²) in [6, 6.07) is 7.78. The number of amides is 1. The van der Waals surface area contributed by atoms with E-state index < -0.39 is 5.97 Å². The van der Waals surface area contributed by atoms with Crippen molar-refractivity contribution in [2.45, 2.75) is 45.5 Å². The van der Waals surface area contributed by atoms with Gasteiger partial charge in [0.25, 0.3) is 0 Å². The maximum absolute atomic E-state index is 12.6. The lowest BCUT2D eigenvalue weighted by Gasteiger charge is -2.10. The molecule has 0 fully saturated rings. The van der Waals surface area contributed by atoms with Gasteiger partial charge in [-0.1, -0.05) is 30.8 Å². The molecule has 0 aliphatic heterocycles. The Morgan fingerprint density at radius 3 is 2.59 bits per heavy atom. The van der Waals surface area contributed by atoms with E-state index in [4.69, 9.17) is 9.47 Å². The number of ether oxygens (including phenoxy) is 2. The molecule has 2 heterocycles. The number of carbonyl (C=O) groups is 2. The summed E-state index contributed by atoms with van der Waals surface area (Å²) < 4.78 is 12.6. The summed E-state index contributed by atoms with van der Waals surface area (Å²) >= 11 is 2.63. The van der Waals surface area contributed by atoms with Gasteiger partial charge in [0, 0.05) is 11.4 Å². The molecule has 180 valence electrons. The van der Waals surface area contributed by atoms with E-state index in [1.165, 1.54) is 30.2 Å². The van der Waals surface area contributed by atoms with Crippen LogP contribution in [0.2, 0.25) is 0 Å². The second kappa shape index (κ2) is 11.8. The van der Waals surface area contributed by atoms with Gasteiger partial charge in [0.05, 0.1) is 18.4 Å². The Bertz CT molecular complexity index is 1170. The summed E-state index contributed by atoms with van der Waals surface area (Å²) in [6.45, 7) is 10.6. The average molecular weight is 501 g/mol. The molecule has 1 N–H and O–H groups in total.